The molecule has 1 unspecified atom stereocenters. The minimum absolute atomic E-state index is 0.103. The van der Waals surface area contributed by atoms with Gasteiger partial charge in [0.2, 0.25) is 0 Å². The molecule has 0 radical (unpaired) electrons. The van der Waals surface area contributed by atoms with Crippen LogP contribution in [-0.4, -0.2) is 5.97 Å². The number of rotatable bonds is 3. The van der Waals surface area contributed by atoms with E-state index >= 15 is 0 Å². The van der Waals surface area contributed by atoms with Crippen molar-refractivity contribution >= 4 is 5.97 Å². The quantitative estimate of drug-likeness (QED) is 0.580. The molecule has 2 nitrogen and oxygen atoms in total. The Labute approximate surface area is 94.4 Å². The van der Waals surface area contributed by atoms with Gasteiger partial charge in [0, 0.05) is 0 Å². The highest BCUT2D eigenvalue weighted by atomic mass is 19.1. The summed E-state index contributed by atoms with van der Waals surface area (Å²) in [6, 6.07) is 4.30. The van der Waals surface area contributed by atoms with Crippen LogP contribution in [0.2, 0.25) is 0 Å². The van der Waals surface area contributed by atoms with Crippen molar-refractivity contribution in [2.45, 2.75) is 32.6 Å². The van der Waals surface area contributed by atoms with E-state index in [9.17, 15) is 9.18 Å². The summed E-state index contributed by atoms with van der Waals surface area (Å²) in [7, 11) is 0. The van der Waals surface area contributed by atoms with Gasteiger partial charge in [0.25, 0.3) is 0 Å². The van der Waals surface area contributed by atoms with E-state index in [-0.39, 0.29) is 17.7 Å². The molecular weight excluding hydrogens is 207 g/mol. The molecule has 0 bridgehead atoms. The van der Waals surface area contributed by atoms with E-state index in [0.717, 1.165) is 24.8 Å². The van der Waals surface area contributed by atoms with Crippen LogP contribution in [0.5, 0.6) is 5.75 Å². The molecule has 1 aliphatic rings. The third-order valence-electron chi connectivity index (χ3n) is 2.94. The van der Waals surface area contributed by atoms with Crippen molar-refractivity contribution in [2.24, 2.45) is 5.92 Å². The maximum atomic E-state index is 13.0. The smallest absolute Gasteiger partial charge is 0.314 e. The lowest BCUT2D eigenvalue weighted by atomic mass is 9.92. The Balaban J connectivity index is 2.16. The molecule has 1 aromatic rings. The summed E-state index contributed by atoms with van der Waals surface area (Å²) in [4.78, 5) is 11.6. The Hall–Kier alpha value is -1.38. The second kappa shape index (κ2) is 4.64. The van der Waals surface area contributed by atoms with E-state index in [4.69, 9.17) is 4.74 Å². The van der Waals surface area contributed by atoms with Crippen molar-refractivity contribution in [1.82, 2.24) is 0 Å². The fraction of sp³-hybridized carbons (Fsp3) is 0.462. The molecule has 2 rings (SSSR count). The van der Waals surface area contributed by atoms with E-state index < -0.39 is 0 Å². The number of ether oxygens (including phenoxy) is 1. The lowest BCUT2D eigenvalue weighted by Gasteiger charge is -2.23. The minimum Gasteiger partial charge on any atom is -0.426 e. The molecule has 16 heavy (non-hydrogen) atoms. The van der Waals surface area contributed by atoms with Gasteiger partial charge in [0.15, 0.2) is 0 Å². The monoisotopic (exact) mass is 222 g/mol. The summed E-state index contributed by atoms with van der Waals surface area (Å²) in [5.41, 5.74) is 0.806. The fourth-order valence-corrected chi connectivity index (χ4v) is 2.02. The zero-order valence-corrected chi connectivity index (χ0v) is 9.33. The summed E-state index contributed by atoms with van der Waals surface area (Å²) >= 11 is 0. The molecular formula is C13H15FO2. The fourth-order valence-electron chi connectivity index (χ4n) is 2.02. The molecule has 1 aliphatic heterocycles. The van der Waals surface area contributed by atoms with Crippen LogP contribution in [0.1, 0.15) is 31.7 Å². The van der Waals surface area contributed by atoms with Gasteiger partial charge in [-0.2, -0.15) is 0 Å². The Morgan fingerprint density at radius 1 is 1.50 bits per heavy atom. The van der Waals surface area contributed by atoms with Gasteiger partial charge in [0.05, 0.1) is 5.92 Å². The van der Waals surface area contributed by atoms with Crippen LogP contribution in [0, 0.1) is 11.7 Å². The van der Waals surface area contributed by atoms with Crippen molar-refractivity contribution in [3.8, 4) is 5.75 Å². The molecule has 0 amide bonds. The van der Waals surface area contributed by atoms with Crippen molar-refractivity contribution in [1.29, 1.82) is 0 Å². The summed E-state index contributed by atoms with van der Waals surface area (Å²) < 4.78 is 18.2. The van der Waals surface area contributed by atoms with E-state index in [0.29, 0.717) is 12.2 Å². The van der Waals surface area contributed by atoms with Crippen LogP contribution in [-0.2, 0) is 11.2 Å². The number of halogens is 1. The molecule has 1 aromatic carbocycles. The van der Waals surface area contributed by atoms with Crippen molar-refractivity contribution in [3.63, 3.8) is 0 Å². The maximum Gasteiger partial charge on any atom is 0.314 e. The first kappa shape index (κ1) is 11.1. The Bertz CT molecular complexity index is 401. The lowest BCUT2D eigenvalue weighted by molar-refractivity contribution is -0.140. The van der Waals surface area contributed by atoms with Crippen molar-refractivity contribution in [3.05, 3.63) is 29.6 Å². The average molecular weight is 222 g/mol. The van der Waals surface area contributed by atoms with Gasteiger partial charge in [-0.05, 0) is 36.6 Å². The molecule has 86 valence electrons. The first-order valence-corrected chi connectivity index (χ1v) is 5.71. The van der Waals surface area contributed by atoms with E-state index in [1.54, 1.807) is 0 Å². The number of hydrogen-bond acceptors (Lipinski definition) is 2. The van der Waals surface area contributed by atoms with Crippen LogP contribution in [0.25, 0.3) is 0 Å². The number of unbranched alkanes of at least 4 members (excludes halogenated alkanes) is 1. The molecule has 1 heterocycles. The van der Waals surface area contributed by atoms with Gasteiger partial charge in [-0.15, -0.1) is 0 Å². The topological polar surface area (TPSA) is 26.3 Å². The van der Waals surface area contributed by atoms with E-state index in [1.165, 1.54) is 18.2 Å². The zero-order valence-electron chi connectivity index (χ0n) is 9.33. The predicted molar refractivity (Wildman–Crippen MR) is 58.8 cm³/mol. The molecule has 0 aromatic heterocycles. The number of benzene rings is 1. The number of carbonyl (C=O) groups excluding carboxylic acids is 1. The summed E-state index contributed by atoms with van der Waals surface area (Å²) in [5, 5.41) is 0. The molecule has 0 spiro atoms. The highest BCUT2D eigenvalue weighted by Crippen LogP contribution is 2.30. The second-order valence-corrected chi connectivity index (χ2v) is 4.22. The molecule has 3 heteroatoms. The van der Waals surface area contributed by atoms with E-state index in [1.807, 2.05) is 0 Å². The molecule has 0 saturated carbocycles. The van der Waals surface area contributed by atoms with Gasteiger partial charge >= 0.3 is 5.97 Å². The summed E-state index contributed by atoms with van der Waals surface area (Å²) in [5.74, 6) is -0.0353. The lowest BCUT2D eigenvalue weighted by Crippen LogP contribution is -2.27. The molecule has 0 aliphatic carbocycles. The Morgan fingerprint density at radius 3 is 3.06 bits per heavy atom. The van der Waals surface area contributed by atoms with Gasteiger partial charge in [-0.1, -0.05) is 19.8 Å². The van der Waals surface area contributed by atoms with E-state index in [2.05, 4.69) is 6.92 Å². The number of carbonyl (C=O) groups is 1. The van der Waals surface area contributed by atoms with Crippen LogP contribution < -0.4 is 4.74 Å². The minimum atomic E-state index is -0.272. The molecule has 0 saturated heterocycles. The first-order valence-electron chi connectivity index (χ1n) is 5.71. The standard InChI is InChI=1S/C13H15FO2/c1-2-3-4-9-7-10-8-11(14)5-6-12(10)16-13(9)15/h5-6,8-9H,2-4,7H2,1H3. The normalized spacial score (nSPS) is 19.1. The van der Waals surface area contributed by atoms with Gasteiger partial charge in [0.1, 0.15) is 11.6 Å². The van der Waals surface area contributed by atoms with Crippen LogP contribution in [0.15, 0.2) is 18.2 Å². The van der Waals surface area contributed by atoms with Gasteiger partial charge in [-0.3, -0.25) is 4.79 Å². The second-order valence-electron chi connectivity index (χ2n) is 4.22. The summed E-state index contributed by atoms with van der Waals surface area (Å²) in [6.07, 6.45) is 3.49. The highest BCUT2D eigenvalue weighted by molar-refractivity contribution is 5.78. The molecule has 0 N–H and O–H groups in total. The largest absolute Gasteiger partial charge is 0.426 e. The van der Waals surface area contributed by atoms with Crippen molar-refractivity contribution in [2.75, 3.05) is 0 Å². The third-order valence-corrected chi connectivity index (χ3v) is 2.94. The van der Waals surface area contributed by atoms with Crippen molar-refractivity contribution < 1.29 is 13.9 Å². The number of fused-ring (bicyclic) bond motifs is 1. The SMILES string of the molecule is CCCCC1Cc2cc(F)ccc2OC1=O. The van der Waals surface area contributed by atoms with Gasteiger partial charge in [-0.25, -0.2) is 4.39 Å². The zero-order chi connectivity index (χ0) is 11.5. The first-order chi connectivity index (χ1) is 7.70. The predicted octanol–water partition coefficient (Wildman–Crippen LogP) is 3.09. The molecule has 1 atom stereocenters. The van der Waals surface area contributed by atoms with Crippen LogP contribution in [0.4, 0.5) is 4.39 Å². The maximum absolute atomic E-state index is 13.0. The van der Waals surface area contributed by atoms with Crippen LogP contribution >= 0.6 is 0 Å². The number of esters is 1. The van der Waals surface area contributed by atoms with Crippen LogP contribution in [0.3, 0.4) is 0 Å². The van der Waals surface area contributed by atoms with Gasteiger partial charge < -0.3 is 4.74 Å². The number of hydrogen-bond donors (Lipinski definition) is 0. The third kappa shape index (κ3) is 2.23. The summed E-state index contributed by atoms with van der Waals surface area (Å²) in [6.45, 7) is 2.09. The molecule has 0 fully saturated rings. The highest BCUT2D eigenvalue weighted by Gasteiger charge is 2.27. The average Bonchev–Trinajstić information content (AvgIpc) is 2.27. The Kier molecular flexibility index (Phi) is 3.22. The Morgan fingerprint density at radius 2 is 2.31 bits per heavy atom.